The van der Waals surface area contributed by atoms with Crippen LogP contribution in [0.2, 0.25) is 0 Å². The Balaban J connectivity index is 2.39. The third-order valence-corrected chi connectivity index (χ3v) is 5.59. The summed E-state index contributed by atoms with van der Waals surface area (Å²) in [6.07, 6.45) is 2.65. The van der Waals surface area contributed by atoms with Gasteiger partial charge < -0.3 is 0 Å². The number of benzene rings is 1. The molecule has 1 heterocycles. The lowest BCUT2D eigenvalue weighted by atomic mass is 10.2. The molecular formula is C14H19NO3S. The molecule has 1 aromatic rings. The number of carbonyl (C=O) groups is 1. The van der Waals surface area contributed by atoms with Crippen molar-refractivity contribution >= 4 is 15.8 Å². The molecule has 0 aliphatic carbocycles. The summed E-state index contributed by atoms with van der Waals surface area (Å²) in [4.78, 5) is 11.6. The first-order valence-electron chi connectivity index (χ1n) is 6.59. The normalized spacial score (nSPS) is 20.6. The van der Waals surface area contributed by atoms with Crippen LogP contribution in [0.1, 0.15) is 43.5 Å². The zero-order chi connectivity index (χ0) is 14.0. The van der Waals surface area contributed by atoms with E-state index < -0.39 is 10.0 Å². The zero-order valence-corrected chi connectivity index (χ0v) is 12.1. The van der Waals surface area contributed by atoms with Gasteiger partial charge in [-0.15, -0.1) is 0 Å². The molecule has 1 atom stereocenters. The molecule has 0 aromatic heterocycles. The Kier molecular flexibility index (Phi) is 4.06. The maximum absolute atomic E-state index is 12.6. The fourth-order valence-electron chi connectivity index (χ4n) is 2.54. The number of Topliss-reactive ketones (excluding diaryl/α,β-unsaturated/α-hetero) is 1. The minimum Gasteiger partial charge on any atom is -0.295 e. The van der Waals surface area contributed by atoms with Crippen LogP contribution in [0.3, 0.4) is 0 Å². The predicted octanol–water partition coefficient (Wildman–Crippen LogP) is 2.45. The summed E-state index contributed by atoms with van der Waals surface area (Å²) in [6.45, 7) is 4.02. The Morgan fingerprint density at radius 3 is 2.79 bits per heavy atom. The van der Waals surface area contributed by atoms with Gasteiger partial charge in [-0.3, -0.25) is 4.79 Å². The first kappa shape index (κ1) is 14.2. The molecule has 2 rings (SSSR count). The van der Waals surface area contributed by atoms with Gasteiger partial charge in [0.2, 0.25) is 10.0 Å². The Labute approximate surface area is 114 Å². The number of rotatable bonds is 4. The van der Waals surface area contributed by atoms with E-state index in [1.165, 1.54) is 13.0 Å². The Morgan fingerprint density at radius 1 is 1.42 bits per heavy atom. The maximum Gasteiger partial charge on any atom is 0.243 e. The molecule has 104 valence electrons. The van der Waals surface area contributed by atoms with Gasteiger partial charge in [0, 0.05) is 18.2 Å². The highest BCUT2D eigenvalue weighted by Gasteiger charge is 2.34. The van der Waals surface area contributed by atoms with E-state index in [4.69, 9.17) is 0 Å². The van der Waals surface area contributed by atoms with Crippen molar-refractivity contribution in [1.82, 2.24) is 4.31 Å². The van der Waals surface area contributed by atoms with Crippen LogP contribution in [0.15, 0.2) is 29.2 Å². The van der Waals surface area contributed by atoms with Gasteiger partial charge in [0.25, 0.3) is 0 Å². The van der Waals surface area contributed by atoms with Crippen molar-refractivity contribution in [2.75, 3.05) is 6.54 Å². The second-order valence-electron chi connectivity index (χ2n) is 4.90. The van der Waals surface area contributed by atoms with Crippen molar-refractivity contribution in [2.45, 2.75) is 44.0 Å². The van der Waals surface area contributed by atoms with E-state index in [0.29, 0.717) is 12.1 Å². The van der Waals surface area contributed by atoms with Crippen molar-refractivity contribution in [3.63, 3.8) is 0 Å². The molecular weight excluding hydrogens is 262 g/mol. The average Bonchev–Trinajstić information content (AvgIpc) is 2.88. The van der Waals surface area contributed by atoms with Gasteiger partial charge in [-0.05, 0) is 38.3 Å². The summed E-state index contributed by atoms with van der Waals surface area (Å²) in [7, 11) is -3.47. The van der Waals surface area contributed by atoms with Crippen molar-refractivity contribution in [3.8, 4) is 0 Å². The zero-order valence-electron chi connectivity index (χ0n) is 11.3. The lowest BCUT2D eigenvalue weighted by molar-refractivity contribution is 0.101. The number of nitrogens with zero attached hydrogens (tertiary/aromatic N) is 1. The molecule has 5 heteroatoms. The van der Waals surface area contributed by atoms with Gasteiger partial charge >= 0.3 is 0 Å². The Bertz CT molecular complexity index is 580. The van der Waals surface area contributed by atoms with Crippen LogP contribution in [0.5, 0.6) is 0 Å². The van der Waals surface area contributed by atoms with E-state index in [-0.39, 0.29) is 16.7 Å². The Morgan fingerprint density at radius 2 is 2.16 bits per heavy atom. The molecule has 1 aliphatic heterocycles. The van der Waals surface area contributed by atoms with E-state index in [0.717, 1.165) is 19.3 Å². The summed E-state index contributed by atoms with van der Waals surface area (Å²) >= 11 is 0. The minimum absolute atomic E-state index is 0.0889. The van der Waals surface area contributed by atoms with Crippen LogP contribution >= 0.6 is 0 Å². The number of carbonyl (C=O) groups excluding carboxylic acids is 1. The van der Waals surface area contributed by atoms with Crippen LogP contribution in [0.4, 0.5) is 0 Å². The van der Waals surface area contributed by atoms with Gasteiger partial charge in [0.05, 0.1) is 4.90 Å². The smallest absolute Gasteiger partial charge is 0.243 e. The molecule has 0 N–H and O–H groups in total. The van der Waals surface area contributed by atoms with Crippen LogP contribution in [-0.2, 0) is 10.0 Å². The molecule has 1 aliphatic rings. The van der Waals surface area contributed by atoms with Gasteiger partial charge in [0.15, 0.2) is 5.78 Å². The topological polar surface area (TPSA) is 54.5 Å². The molecule has 0 saturated carbocycles. The first-order valence-corrected chi connectivity index (χ1v) is 8.03. The summed E-state index contributed by atoms with van der Waals surface area (Å²) in [5.74, 6) is -0.120. The van der Waals surface area contributed by atoms with Crippen molar-refractivity contribution in [2.24, 2.45) is 0 Å². The van der Waals surface area contributed by atoms with E-state index in [1.807, 2.05) is 6.92 Å². The molecule has 0 bridgehead atoms. The highest BCUT2D eigenvalue weighted by molar-refractivity contribution is 7.89. The minimum atomic E-state index is -3.47. The highest BCUT2D eigenvalue weighted by Crippen LogP contribution is 2.28. The molecule has 19 heavy (non-hydrogen) atoms. The number of sulfonamides is 1. The molecule has 4 nitrogen and oxygen atoms in total. The SMILES string of the molecule is CCC1CCCN1S(=O)(=O)c1cccc(C(C)=O)c1. The fraction of sp³-hybridized carbons (Fsp3) is 0.500. The standard InChI is InChI=1S/C14H19NO3S/c1-3-13-7-5-9-15(13)19(17,18)14-8-4-6-12(10-14)11(2)16/h4,6,8,10,13H,3,5,7,9H2,1-2H3. The van der Waals surface area contributed by atoms with Crippen LogP contribution < -0.4 is 0 Å². The molecule has 1 saturated heterocycles. The highest BCUT2D eigenvalue weighted by atomic mass is 32.2. The van der Waals surface area contributed by atoms with Crippen LogP contribution in [-0.4, -0.2) is 31.1 Å². The van der Waals surface area contributed by atoms with E-state index in [1.54, 1.807) is 22.5 Å². The molecule has 0 spiro atoms. The summed E-state index contributed by atoms with van der Waals surface area (Å²) in [5.41, 5.74) is 0.438. The van der Waals surface area contributed by atoms with E-state index >= 15 is 0 Å². The van der Waals surface area contributed by atoms with Gasteiger partial charge in [-0.25, -0.2) is 8.42 Å². The lowest BCUT2D eigenvalue weighted by Crippen LogP contribution is -2.35. The van der Waals surface area contributed by atoms with E-state index in [2.05, 4.69) is 0 Å². The van der Waals surface area contributed by atoms with Crippen LogP contribution in [0, 0.1) is 0 Å². The van der Waals surface area contributed by atoms with Gasteiger partial charge in [-0.1, -0.05) is 19.1 Å². The van der Waals surface area contributed by atoms with Crippen molar-refractivity contribution in [3.05, 3.63) is 29.8 Å². The third kappa shape index (κ3) is 2.72. The van der Waals surface area contributed by atoms with Gasteiger partial charge in [-0.2, -0.15) is 4.31 Å². The molecule has 0 amide bonds. The fourth-order valence-corrected chi connectivity index (χ4v) is 4.36. The quantitative estimate of drug-likeness (QED) is 0.797. The molecule has 0 radical (unpaired) electrons. The number of ketones is 1. The number of hydrogen-bond donors (Lipinski definition) is 0. The van der Waals surface area contributed by atoms with Gasteiger partial charge in [0.1, 0.15) is 0 Å². The lowest BCUT2D eigenvalue weighted by Gasteiger charge is -2.23. The maximum atomic E-state index is 12.6. The average molecular weight is 281 g/mol. The summed E-state index contributed by atoms with van der Waals surface area (Å²) < 4.78 is 26.8. The Hall–Kier alpha value is -1.20. The first-order chi connectivity index (χ1) is 8.96. The van der Waals surface area contributed by atoms with Crippen molar-refractivity contribution in [1.29, 1.82) is 0 Å². The molecule has 1 fully saturated rings. The predicted molar refractivity (Wildman–Crippen MR) is 73.7 cm³/mol. The summed E-state index contributed by atoms with van der Waals surface area (Å²) in [5, 5.41) is 0. The van der Waals surface area contributed by atoms with Crippen LogP contribution in [0.25, 0.3) is 0 Å². The molecule has 1 aromatic carbocycles. The second-order valence-corrected chi connectivity index (χ2v) is 6.79. The number of hydrogen-bond acceptors (Lipinski definition) is 3. The second kappa shape index (κ2) is 5.43. The molecule has 1 unspecified atom stereocenters. The third-order valence-electron chi connectivity index (χ3n) is 3.64. The van der Waals surface area contributed by atoms with Crippen molar-refractivity contribution < 1.29 is 13.2 Å². The largest absolute Gasteiger partial charge is 0.295 e. The summed E-state index contributed by atoms with van der Waals surface area (Å²) in [6, 6.07) is 6.39. The monoisotopic (exact) mass is 281 g/mol. The van der Waals surface area contributed by atoms with E-state index in [9.17, 15) is 13.2 Å².